The Morgan fingerprint density at radius 2 is 2.17 bits per heavy atom. The predicted octanol–water partition coefficient (Wildman–Crippen LogP) is 2.26. The Morgan fingerprint density at radius 3 is 2.87 bits per heavy atom. The molecular formula is C15H14N4O3S. The van der Waals surface area contributed by atoms with Crippen LogP contribution in [0.4, 0.5) is 5.82 Å². The molecule has 3 rings (SSSR count). The predicted molar refractivity (Wildman–Crippen MR) is 85.4 cm³/mol. The summed E-state index contributed by atoms with van der Waals surface area (Å²) in [5.41, 5.74) is 0.223. The first-order chi connectivity index (χ1) is 11.1. The average molecular weight is 330 g/mol. The van der Waals surface area contributed by atoms with Crippen LogP contribution in [0.2, 0.25) is 0 Å². The van der Waals surface area contributed by atoms with Gasteiger partial charge >= 0.3 is 0 Å². The lowest BCUT2D eigenvalue weighted by molar-refractivity contribution is 0.0941. The van der Waals surface area contributed by atoms with Crippen molar-refractivity contribution in [1.82, 2.24) is 15.1 Å². The monoisotopic (exact) mass is 330 g/mol. The van der Waals surface area contributed by atoms with Gasteiger partial charge in [-0.2, -0.15) is 5.10 Å². The summed E-state index contributed by atoms with van der Waals surface area (Å²) in [5, 5.41) is 11.4. The molecule has 3 heterocycles. The lowest BCUT2D eigenvalue weighted by atomic mass is 10.3. The SMILES string of the molecule is Cn1nc(C(=O)NCc2ccco2)cc1NC(=O)c1cccs1. The van der Waals surface area contributed by atoms with Crippen molar-refractivity contribution in [2.45, 2.75) is 6.54 Å². The van der Waals surface area contributed by atoms with E-state index in [2.05, 4.69) is 15.7 Å². The van der Waals surface area contributed by atoms with Gasteiger partial charge in [-0.05, 0) is 23.6 Å². The van der Waals surface area contributed by atoms with Crippen LogP contribution in [0.1, 0.15) is 25.9 Å². The van der Waals surface area contributed by atoms with Gasteiger partial charge in [0, 0.05) is 13.1 Å². The van der Waals surface area contributed by atoms with E-state index < -0.39 is 0 Å². The minimum atomic E-state index is -0.339. The van der Waals surface area contributed by atoms with Gasteiger partial charge in [0.25, 0.3) is 11.8 Å². The molecule has 23 heavy (non-hydrogen) atoms. The van der Waals surface area contributed by atoms with Crippen LogP contribution in [0.15, 0.2) is 46.4 Å². The van der Waals surface area contributed by atoms with Gasteiger partial charge in [-0.25, -0.2) is 0 Å². The number of hydrogen-bond acceptors (Lipinski definition) is 5. The summed E-state index contributed by atoms with van der Waals surface area (Å²) in [6.45, 7) is 0.277. The first kappa shape index (κ1) is 15.0. The fraction of sp³-hybridized carbons (Fsp3) is 0.133. The number of hydrogen-bond donors (Lipinski definition) is 2. The summed E-state index contributed by atoms with van der Waals surface area (Å²) < 4.78 is 6.60. The summed E-state index contributed by atoms with van der Waals surface area (Å²) in [5.74, 6) is 0.534. The van der Waals surface area contributed by atoms with Gasteiger partial charge in [0.15, 0.2) is 5.69 Å². The average Bonchev–Trinajstić information content (AvgIpc) is 3.27. The molecule has 0 aliphatic heterocycles. The Bertz CT molecular complexity index is 806. The van der Waals surface area contributed by atoms with Crippen molar-refractivity contribution in [2.24, 2.45) is 7.05 Å². The molecule has 0 aromatic carbocycles. The molecule has 2 N–H and O–H groups in total. The van der Waals surface area contributed by atoms with E-state index in [1.807, 2.05) is 5.38 Å². The quantitative estimate of drug-likeness (QED) is 0.751. The highest BCUT2D eigenvalue weighted by Crippen LogP contribution is 2.14. The highest BCUT2D eigenvalue weighted by atomic mass is 32.1. The zero-order valence-electron chi connectivity index (χ0n) is 12.3. The summed E-state index contributed by atoms with van der Waals surface area (Å²) in [4.78, 5) is 24.7. The molecule has 0 bridgehead atoms. The minimum Gasteiger partial charge on any atom is -0.467 e. The van der Waals surface area contributed by atoms with E-state index in [4.69, 9.17) is 4.42 Å². The first-order valence-electron chi connectivity index (χ1n) is 6.83. The molecule has 3 aromatic heterocycles. The molecule has 0 aliphatic rings. The Morgan fingerprint density at radius 1 is 1.30 bits per heavy atom. The number of amides is 2. The molecule has 3 aromatic rings. The molecule has 0 aliphatic carbocycles. The highest BCUT2D eigenvalue weighted by Gasteiger charge is 2.15. The van der Waals surface area contributed by atoms with Crippen molar-refractivity contribution < 1.29 is 14.0 Å². The van der Waals surface area contributed by atoms with Crippen molar-refractivity contribution in [3.63, 3.8) is 0 Å². The van der Waals surface area contributed by atoms with E-state index >= 15 is 0 Å². The van der Waals surface area contributed by atoms with Crippen molar-refractivity contribution in [1.29, 1.82) is 0 Å². The largest absolute Gasteiger partial charge is 0.467 e. The lowest BCUT2D eigenvalue weighted by Crippen LogP contribution is -2.23. The zero-order chi connectivity index (χ0) is 16.2. The van der Waals surface area contributed by atoms with Gasteiger partial charge in [0.2, 0.25) is 0 Å². The maximum Gasteiger partial charge on any atom is 0.272 e. The Labute approximate surface area is 135 Å². The number of carbonyl (C=O) groups excluding carboxylic acids is 2. The third-order valence-corrected chi connectivity index (χ3v) is 3.97. The van der Waals surface area contributed by atoms with E-state index in [0.29, 0.717) is 16.5 Å². The maximum absolute atomic E-state index is 12.1. The van der Waals surface area contributed by atoms with Crippen molar-refractivity contribution in [3.05, 3.63) is 58.3 Å². The summed E-state index contributed by atoms with van der Waals surface area (Å²) in [6, 6.07) is 8.58. The second-order valence-electron chi connectivity index (χ2n) is 4.73. The van der Waals surface area contributed by atoms with E-state index in [1.54, 1.807) is 37.6 Å². The van der Waals surface area contributed by atoms with Crippen LogP contribution in [0.3, 0.4) is 0 Å². The lowest BCUT2D eigenvalue weighted by Gasteiger charge is -2.02. The molecule has 0 saturated heterocycles. The maximum atomic E-state index is 12.1. The van der Waals surface area contributed by atoms with E-state index in [1.165, 1.54) is 22.1 Å². The normalized spacial score (nSPS) is 10.5. The molecule has 7 nitrogen and oxygen atoms in total. The topological polar surface area (TPSA) is 89.2 Å². The van der Waals surface area contributed by atoms with Gasteiger partial charge in [-0.3, -0.25) is 14.3 Å². The molecule has 8 heteroatoms. The van der Waals surface area contributed by atoms with E-state index in [0.717, 1.165) is 0 Å². The highest BCUT2D eigenvalue weighted by molar-refractivity contribution is 7.12. The van der Waals surface area contributed by atoms with Crippen LogP contribution < -0.4 is 10.6 Å². The summed E-state index contributed by atoms with van der Waals surface area (Å²) in [7, 11) is 1.66. The van der Waals surface area contributed by atoms with Gasteiger partial charge < -0.3 is 15.1 Å². The van der Waals surface area contributed by atoms with Crippen LogP contribution in [0.25, 0.3) is 0 Å². The van der Waals surface area contributed by atoms with Crippen LogP contribution >= 0.6 is 11.3 Å². The third kappa shape index (κ3) is 3.49. The van der Waals surface area contributed by atoms with Crippen LogP contribution in [-0.4, -0.2) is 21.6 Å². The molecule has 0 atom stereocenters. The number of thiophene rings is 1. The fourth-order valence-corrected chi connectivity index (χ4v) is 2.57. The number of carbonyl (C=O) groups is 2. The molecule has 0 fully saturated rings. The molecule has 0 saturated carbocycles. The van der Waals surface area contributed by atoms with Crippen molar-refractivity contribution in [3.8, 4) is 0 Å². The number of rotatable bonds is 5. The van der Waals surface area contributed by atoms with Crippen molar-refractivity contribution in [2.75, 3.05) is 5.32 Å². The van der Waals surface area contributed by atoms with Gasteiger partial charge in [-0.1, -0.05) is 6.07 Å². The van der Waals surface area contributed by atoms with Gasteiger partial charge in [-0.15, -0.1) is 11.3 Å². The number of nitrogens with zero attached hydrogens (tertiary/aromatic N) is 2. The fourth-order valence-electron chi connectivity index (χ4n) is 1.95. The zero-order valence-corrected chi connectivity index (χ0v) is 13.1. The number of aryl methyl sites for hydroxylation is 1. The van der Waals surface area contributed by atoms with Gasteiger partial charge in [0.05, 0.1) is 17.7 Å². The standard InChI is InChI=1S/C15H14N4O3S/c1-19-13(17-15(21)12-5-3-7-23-12)8-11(18-19)14(20)16-9-10-4-2-6-22-10/h2-8H,9H2,1H3,(H,16,20)(H,17,21). The second kappa shape index (κ2) is 6.49. The second-order valence-corrected chi connectivity index (χ2v) is 5.68. The smallest absolute Gasteiger partial charge is 0.272 e. The Kier molecular flexibility index (Phi) is 4.24. The molecule has 118 valence electrons. The first-order valence-corrected chi connectivity index (χ1v) is 7.71. The van der Waals surface area contributed by atoms with E-state index in [9.17, 15) is 9.59 Å². The molecule has 0 radical (unpaired) electrons. The van der Waals surface area contributed by atoms with Crippen LogP contribution in [-0.2, 0) is 13.6 Å². The van der Waals surface area contributed by atoms with Gasteiger partial charge in [0.1, 0.15) is 11.6 Å². The van der Waals surface area contributed by atoms with Crippen molar-refractivity contribution >= 4 is 29.0 Å². The minimum absolute atomic E-state index is 0.223. The third-order valence-electron chi connectivity index (χ3n) is 3.10. The summed E-state index contributed by atoms with van der Waals surface area (Å²) in [6.07, 6.45) is 1.54. The number of anilines is 1. The Balaban J connectivity index is 1.65. The molecule has 0 spiro atoms. The molecule has 0 unspecified atom stereocenters. The number of nitrogens with one attached hydrogen (secondary N) is 2. The molecular weight excluding hydrogens is 316 g/mol. The Hall–Kier alpha value is -2.87. The van der Waals surface area contributed by atoms with Crippen LogP contribution in [0.5, 0.6) is 0 Å². The number of furan rings is 1. The number of aromatic nitrogens is 2. The molecule has 2 amide bonds. The van der Waals surface area contributed by atoms with E-state index in [-0.39, 0.29) is 24.1 Å². The van der Waals surface area contributed by atoms with Crippen LogP contribution in [0, 0.1) is 0 Å². The summed E-state index contributed by atoms with van der Waals surface area (Å²) >= 11 is 1.34.